The van der Waals surface area contributed by atoms with E-state index in [2.05, 4.69) is 5.32 Å². The van der Waals surface area contributed by atoms with E-state index in [0.717, 1.165) is 0 Å². The molecule has 0 unspecified atom stereocenters. The Bertz CT molecular complexity index is 844. The summed E-state index contributed by atoms with van der Waals surface area (Å²) in [4.78, 5) is 23.5. The summed E-state index contributed by atoms with van der Waals surface area (Å²) in [7, 11) is 0. The summed E-state index contributed by atoms with van der Waals surface area (Å²) in [5, 5.41) is 12.1. The van der Waals surface area contributed by atoms with Crippen molar-refractivity contribution in [3.63, 3.8) is 0 Å². The molecule has 0 aliphatic carbocycles. The van der Waals surface area contributed by atoms with Crippen molar-refractivity contribution in [2.24, 2.45) is 0 Å². The van der Waals surface area contributed by atoms with E-state index >= 15 is 0 Å². The van der Waals surface area contributed by atoms with Gasteiger partial charge in [-0.3, -0.25) is 14.9 Å². The minimum absolute atomic E-state index is 0.0227. The van der Waals surface area contributed by atoms with E-state index in [1.165, 1.54) is 13.0 Å². The van der Waals surface area contributed by atoms with Gasteiger partial charge in [0.25, 0.3) is 5.91 Å². The number of Topliss-reactive ketones (excluding diaryl/α,β-unsaturated/α-hetero) is 1. The zero-order chi connectivity index (χ0) is 17.0. The number of carbonyl (C=O) groups is 2. The lowest BCUT2D eigenvalue weighted by Crippen LogP contribution is -2.08. The van der Waals surface area contributed by atoms with Crippen LogP contribution in [0, 0.1) is 18.3 Å². The van der Waals surface area contributed by atoms with Crippen molar-refractivity contribution in [2.75, 3.05) is 5.32 Å². The molecule has 1 amide bonds. The molecule has 0 aliphatic heterocycles. The van der Waals surface area contributed by atoms with E-state index in [4.69, 9.17) is 21.3 Å². The van der Waals surface area contributed by atoms with Gasteiger partial charge >= 0.3 is 0 Å². The number of hydrogen-bond acceptors (Lipinski definition) is 4. The van der Waals surface area contributed by atoms with Gasteiger partial charge in [0.05, 0.1) is 5.56 Å². The summed E-state index contributed by atoms with van der Waals surface area (Å²) in [5.41, 5.74) is 0.886. The SMILES string of the molecule is CC(=O)c1c(C)oc(NC(=O)/C=C/c2ccccc2Cl)c1C#N. The zero-order valence-corrected chi connectivity index (χ0v) is 13.3. The summed E-state index contributed by atoms with van der Waals surface area (Å²) in [6.07, 6.45) is 2.82. The predicted molar refractivity (Wildman–Crippen MR) is 87.3 cm³/mol. The molecule has 0 spiro atoms. The molecule has 23 heavy (non-hydrogen) atoms. The van der Waals surface area contributed by atoms with Gasteiger partial charge in [0, 0.05) is 11.1 Å². The average Bonchev–Trinajstić information content (AvgIpc) is 2.81. The van der Waals surface area contributed by atoms with E-state index in [1.807, 2.05) is 6.07 Å². The second-order valence-electron chi connectivity index (χ2n) is 4.75. The Labute approximate surface area is 138 Å². The van der Waals surface area contributed by atoms with Crippen LogP contribution in [0.2, 0.25) is 5.02 Å². The molecule has 1 N–H and O–H groups in total. The first kappa shape index (κ1) is 16.5. The maximum absolute atomic E-state index is 12.0. The molecule has 0 bridgehead atoms. The van der Waals surface area contributed by atoms with Crippen LogP contribution >= 0.6 is 11.6 Å². The van der Waals surface area contributed by atoms with Crippen LogP contribution in [-0.2, 0) is 4.79 Å². The molecule has 0 atom stereocenters. The van der Waals surface area contributed by atoms with Crippen molar-refractivity contribution in [1.82, 2.24) is 0 Å². The van der Waals surface area contributed by atoms with Gasteiger partial charge in [0.15, 0.2) is 5.78 Å². The smallest absolute Gasteiger partial charge is 0.250 e. The number of aryl methyl sites for hydroxylation is 1. The standard InChI is InChI=1S/C17H13ClN2O3/c1-10(21)16-11(2)23-17(13(16)9-19)20-15(22)8-7-12-5-3-4-6-14(12)18/h3-8H,1-2H3,(H,20,22)/b8-7+. The van der Waals surface area contributed by atoms with E-state index in [1.54, 1.807) is 37.3 Å². The molecule has 5 nitrogen and oxygen atoms in total. The van der Waals surface area contributed by atoms with Gasteiger partial charge < -0.3 is 4.42 Å². The Morgan fingerprint density at radius 1 is 1.35 bits per heavy atom. The first-order chi connectivity index (χ1) is 10.9. The van der Waals surface area contributed by atoms with Gasteiger partial charge in [0.2, 0.25) is 5.88 Å². The van der Waals surface area contributed by atoms with Gasteiger partial charge in [-0.1, -0.05) is 29.8 Å². The van der Waals surface area contributed by atoms with Crippen molar-refractivity contribution in [3.05, 3.63) is 57.8 Å². The minimum atomic E-state index is -0.495. The molecule has 0 fully saturated rings. The van der Waals surface area contributed by atoms with Crippen LogP contribution in [-0.4, -0.2) is 11.7 Å². The number of nitrogens with one attached hydrogen (secondary N) is 1. The minimum Gasteiger partial charge on any atom is -0.443 e. The van der Waals surface area contributed by atoms with Gasteiger partial charge in [-0.25, -0.2) is 0 Å². The second kappa shape index (κ2) is 6.95. The van der Waals surface area contributed by atoms with E-state index in [9.17, 15) is 9.59 Å². The topological polar surface area (TPSA) is 83.1 Å². The van der Waals surface area contributed by atoms with Crippen molar-refractivity contribution in [2.45, 2.75) is 13.8 Å². The molecule has 6 heteroatoms. The highest BCUT2D eigenvalue weighted by molar-refractivity contribution is 6.32. The van der Waals surface area contributed by atoms with Crippen LogP contribution in [0.1, 0.15) is 34.2 Å². The molecule has 1 aromatic carbocycles. The van der Waals surface area contributed by atoms with Crippen molar-refractivity contribution in [1.29, 1.82) is 5.26 Å². The molecular formula is C17H13ClN2O3. The van der Waals surface area contributed by atoms with Crippen molar-refractivity contribution >= 4 is 35.3 Å². The third-order valence-electron chi connectivity index (χ3n) is 3.10. The monoisotopic (exact) mass is 328 g/mol. The first-order valence-electron chi connectivity index (χ1n) is 6.72. The Morgan fingerprint density at radius 2 is 2.04 bits per heavy atom. The van der Waals surface area contributed by atoms with Crippen LogP contribution in [0.15, 0.2) is 34.8 Å². The molecule has 0 radical (unpaired) electrons. The number of halogens is 1. The third-order valence-corrected chi connectivity index (χ3v) is 3.45. The molecular weight excluding hydrogens is 316 g/mol. The molecule has 0 aliphatic rings. The molecule has 0 saturated carbocycles. The summed E-state index contributed by atoms with van der Waals surface area (Å²) < 4.78 is 5.31. The van der Waals surface area contributed by atoms with E-state index in [-0.39, 0.29) is 22.8 Å². The number of nitrogens with zero attached hydrogens (tertiary/aromatic N) is 1. The lowest BCUT2D eigenvalue weighted by molar-refractivity contribution is -0.111. The van der Waals surface area contributed by atoms with Crippen LogP contribution < -0.4 is 5.32 Å². The largest absolute Gasteiger partial charge is 0.443 e. The number of ketones is 1. The second-order valence-corrected chi connectivity index (χ2v) is 5.16. The number of amides is 1. The zero-order valence-electron chi connectivity index (χ0n) is 12.5. The van der Waals surface area contributed by atoms with Gasteiger partial charge in [-0.15, -0.1) is 0 Å². The lowest BCUT2D eigenvalue weighted by Gasteiger charge is -1.99. The number of carbonyl (C=O) groups excluding carboxylic acids is 2. The predicted octanol–water partition coefficient (Wildman–Crippen LogP) is 3.97. The molecule has 116 valence electrons. The Kier molecular flexibility index (Phi) is 4.99. The fourth-order valence-corrected chi connectivity index (χ4v) is 2.29. The van der Waals surface area contributed by atoms with E-state index in [0.29, 0.717) is 16.3 Å². The molecule has 2 rings (SSSR count). The molecule has 1 aromatic heterocycles. The maximum Gasteiger partial charge on any atom is 0.250 e. The molecule has 0 saturated heterocycles. The average molecular weight is 329 g/mol. The fraction of sp³-hybridized carbons (Fsp3) is 0.118. The molecule has 1 heterocycles. The Hall–Kier alpha value is -2.84. The molecule has 2 aromatic rings. The highest BCUT2D eigenvalue weighted by Crippen LogP contribution is 2.26. The van der Waals surface area contributed by atoms with Crippen LogP contribution in [0.4, 0.5) is 5.88 Å². The first-order valence-corrected chi connectivity index (χ1v) is 7.10. The van der Waals surface area contributed by atoms with Crippen molar-refractivity contribution < 1.29 is 14.0 Å². The van der Waals surface area contributed by atoms with Gasteiger partial charge in [-0.05, 0) is 31.6 Å². The summed E-state index contributed by atoms with van der Waals surface area (Å²) in [5.74, 6) is -0.538. The number of benzene rings is 1. The summed E-state index contributed by atoms with van der Waals surface area (Å²) in [6.45, 7) is 2.90. The lowest BCUT2D eigenvalue weighted by atomic mass is 10.1. The normalized spacial score (nSPS) is 10.5. The summed E-state index contributed by atoms with van der Waals surface area (Å²) in [6, 6.07) is 8.94. The van der Waals surface area contributed by atoms with Crippen molar-refractivity contribution in [3.8, 4) is 6.07 Å². The highest BCUT2D eigenvalue weighted by atomic mass is 35.5. The number of hydrogen-bond donors (Lipinski definition) is 1. The van der Waals surface area contributed by atoms with Crippen LogP contribution in [0.25, 0.3) is 6.08 Å². The Balaban J connectivity index is 2.22. The number of anilines is 1. The highest BCUT2D eigenvalue weighted by Gasteiger charge is 2.21. The van der Waals surface area contributed by atoms with Gasteiger partial charge in [-0.2, -0.15) is 5.26 Å². The maximum atomic E-state index is 12.0. The Morgan fingerprint density at radius 3 is 2.65 bits per heavy atom. The van der Waals surface area contributed by atoms with Gasteiger partial charge in [0.1, 0.15) is 17.4 Å². The third kappa shape index (κ3) is 3.68. The van der Waals surface area contributed by atoms with Crippen LogP contribution in [0.3, 0.4) is 0 Å². The van der Waals surface area contributed by atoms with Crippen LogP contribution in [0.5, 0.6) is 0 Å². The quantitative estimate of drug-likeness (QED) is 0.680. The number of rotatable bonds is 4. The number of furan rings is 1. The summed E-state index contributed by atoms with van der Waals surface area (Å²) >= 11 is 5.99. The van der Waals surface area contributed by atoms with E-state index < -0.39 is 5.91 Å². The number of nitriles is 1. The fourth-order valence-electron chi connectivity index (χ4n) is 2.09.